The molecule has 4 nitrogen and oxygen atoms in total. The number of aliphatic hydroxyl groups excluding tert-OH is 1. The van der Waals surface area contributed by atoms with Crippen LogP contribution in [0.2, 0.25) is 0 Å². The Kier molecular flexibility index (Phi) is 5.71. The quantitative estimate of drug-likeness (QED) is 0.607. The number of benzene rings is 2. The average Bonchev–Trinajstić information content (AvgIpc) is 3.15. The number of hydrogen-bond acceptors (Lipinski definition) is 4. The lowest BCUT2D eigenvalue weighted by atomic mass is 10.1. The number of rotatable bonds is 6. The molecule has 0 radical (unpaired) electrons. The van der Waals surface area contributed by atoms with Gasteiger partial charge in [-0.05, 0) is 50.6 Å². The molecule has 25 heavy (non-hydrogen) atoms. The Morgan fingerprint density at radius 2 is 1.76 bits per heavy atom. The van der Waals surface area contributed by atoms with E-state index in [1.54, 1.807) is 29.5 Å². The van der Waals surface area contributed by atoms with Gasteiger partial charge in [0.2, 0.25) is 10.0 Å². The Balaban J connectivity index is 1.68. The van der Waals surface area contributed by atoms with E-state index >= 15 is 0 Å². The normalized spacial score (nSPS) is 12.9. The summed E-state index contributed by atoms with van der Waals surface area (Å²) in [5, 5.41) is 12.3. The third-order valence-electron chi connectivity index (χ3n) is 3.69. The second kappa shape index (κ2) is 7.80. The monoisotopic (exact) mass is 437 g/mol. The number of hydrogen-bond donors (Lipinski definition) is 2. The molecular formula is C18H16BrNO3S2. The fraction of sp³-hybridized carbons (Fsp3) is 0.111. The van der Waals surface area contributed by atoms with Crippen LogP contribution in [0.1, 0.15) is 11.7 Å². The second-order valence-corrected chi connectivity index (χ2v) is 8.93. The predicted octanol–water partition coefficient (Wildman–Crippen LogP) is 4.19. The second-order valence-electron chi connectivity index (χ2n) is 5.40. The van der Waals surface area contributed by atoms with E-state index < -0.39 is 16.1 Å². The van der Waals surface area contributed by atoms with Gasteiger partial charge < -0.3 is 5.11 Å². The van der Waals surface area contributed by atoms with Crippen molar-refractivity contribution in [3.05, 3.63) is 76.1 Å². The van der Waals surface area contributed by atoms with Gasteiger partial charge in [0.15, 0.2) is 0 Å². The number of halogens is 1. The van der Waals surface area contributed by atoms with E-state index in [0.717, 1.165) is 10.4 Å². The summed E-state index contributed by atoms with van der Waals surface area (Å²) < 4.78 is 27.6. The number of sulfonamides is 1. The Morgan fingerprint density at radius 3 is 2.40 bits per heavy atom. The van der Waals surface area contributed by atoms with Gasteiger partial charge >= 0.3 is 0 Å². The highest BCUT2D eigenvalue weighted by Crippen LogP contribution is 2.26. The molecular weight excluding hydrogens is 422 g/mol. The molecule has 1 heterocycles. The van der Waals surface area contributed by atoms with E-state index in [1.807, 2.05) is 41.8 Å². The summed E-state index contributed by atoms with van der Waals surface area (Å²) in [7, 11) is -3.69. The van der Waals surface area contributed by atoms with Gasteiger partial charge in [0.25, 0.3) is 0 Å². The third kappa shape index (κ3) is 4.37. The zero-order valence-corrected chi connectivity index (χ0v) is 16.3. The van der Waals surface area contributed by atoms with Crippen LogP contribution in [-0.4, -0.2) is 20.1 Å². The molecule has 3 aromatic rings. The summed E-state index contributed by atoms with van der Waals surface area (Å²) in [5.74, 6) is 0. The van der Waals surface area contributed by atoms with Gasteiger partial charge in [0.05, 0.1) is 11.0 Å². The zero-order chi connectivity index (χ0) is 17.9. The fourth-order valence-electron chi connectivity index (χ4n) is 2.36. The van der Waals surface area contributed by atoms with Gasteiger partial charge in [-0.2, -0.15) is 0 Å². The van der Waals surface area contributed by atoms with Crippen LogP contribution in [0.3, 0.4) is 0 Å². The molecule has 0 aliphatic rings. The van der Waals surface area contributed by atoms with Crippen LogP contribution in [-0.2, 0) is 10.0 Å². The molecule has 0 fully saturated rings. The van der Waals surface area contributed by atoms with E-state index in [9.17, 15) is 13.5 Å². The molecule has 2 aromatic carbocycles. The first-order valence-electron chi connectivity index (χ1n) is 7.53. The van der Waals surface area contributed by atoms with Crippen LogP contribution in [0.4, 0.5) is 0 Å². The van der Waals surface area contributed by atoms with E-state index in [0.29, 0.717) is 10.0 Å². The summed E-state index contributed by atoms with van der Waals surface area (Å²) in [4.78, 5) is 1.30. The maximum atomic E-state index is 12.3. The molecule has 1 atom stereocenters. The SMILES string of the molecule is O=S(=O)(NCC(O)c1ccc(-c2cccs2)cc1)c1ccccc1Br. The van der Waals surface area contributed by atoms with Crippen molar-refractivity contribution in [3.8, 4) is 10.4 Å². The molecule has 0 saturated carbocycles. The van der Waals surface area contributed by atoms with E-state index in [4.69, 9.17) is 0 Å². The Hall–Kier alpha value is -1.51. The van der Waals surface area contributed by atoms with Crippen LogP contribution in [0.15, 0.2) is 75.4 Å². The van der Waals surface area contributed by atoms with Crippen molar-refractivity contribution in [2.75, 3.05) is 6.54 Å². The number of nitrogens with one attached hydrogen (secondary N) is 1. The summed E-state index contributed by atoms with van der Waals surface area (Å²) in [6.07, 6.45) is -0.922. The van der Waals surface area contributed by atoms with Crippen molar-refractivity contribution >= 4 is 37.3 Å². The molecule has 130 valence electrons. The first-order valence-corrected chi connectivity index (χ1v) is 10.7. The fourth-order valence-corrected chi connectivity index (χ4v) is 5.13. The zero-order valence-electron chi connectivity index (χ0n) is 13.1. The van der Waals surface area contributed by atoms with Crippen molar-refractivity contribution in [2.45, 2.75) is 11.0 Å². The van der Waals surface area contributed by atoms with Gasteiger partial charge in [0, 0.05) is 15.9 Å². The lowest BCUT2D eigenvalue weighted by Gasteiger charge is -2.14. The largest absolute Gasteiger partial charge is 0.387 e. The van der Waals surface area contributed by atoms with E-state index in [1.165, 1.54) is 6.07 Å². The molecule has 7 heteroatoms. The highest BCUT2D eigenvalue weighted by molar-refractivity contribution is 9.10. The van der Waals surface area contributed by atoms with Gasteiger partial charge in [0.1, 0.15) is 0 Å². The molecule has 1 unspecified atom stereocenters. The van der Waals surface area contributed by atoms with Crippen LogP contribution in [0.5, 0.6) is 0 Å². The van der Waals surface area contributed by atoms with E-state index in [2.05, 4.69) is 20.7 Å². The molecule has 0 amide bonds. The van der Waals surface area contributed by atoms with Crippen LogP contribution in [0, 0.1) is 0 Å². The standard InChI is InChI=1S/C18H16BrNO3S2/c19-15-4-1-2-6-18(15)25(22,23)20-12-16(21)13-7-9-14(10-8-13)17-5-3-11-24-17/h1-11,16,20-21H,12H2. The van der Waals surface area contributed by atoms with Gasteiger partial charge in [-0.1, -0.05) is 42.5 Å². The maximum Gasteiger partial charge on any atom is 0.241 e. The molecule has 0 saturated heterocycles. The summed E-state index contributed by atoms with van der Waals surface area (Å²) in [5.41, 5.74) is 1.73. The highest BCUT2D eigenvalue weighted by Gasteiger charge is 2.19. The predicted molar refractivity (Wildman–Crippen MR) is 104 cm³/mol. The molecule has 0 spiro atoms. The molecule has 0 aliphatic carbocycles. The van der Waals surface area contributed by atoms with Gasteiger partial charge in [-0.25, -0.2) is 13.1 Å². The molecule has 3 rings (SSSR count). The summed E-state index contributed by atoms with van der Waals surface area (Å²) >= 11 is 4.87. The average molecular weight is 438 g/mol. The molecule has 1 aromatic heterocycles. The minimum Gasteiger partial charge on any atom is -0.387 e. The van der Waals surface area contributed by atoms with Gasteiger partial charge in [-0.15, -0.1) is 11.3 Å². The Morgan fingerprint density at radius 1 is 1.04 bits per heavy atom. The Labute approximate surface area is 159 Å². The first kappa shape index (κ1) is 18.3. The number of thiophene rings is 1. The van der Waals surface area contributed by atoms with Crippen LogP contribution >= 0.6 is 27.3 Å². The first-order chi connectivity index (χ1) is 12.0. The van der Waals surface area contributed by atoms with Crippen LogP contribution < -0.4 is 4.72 Å². The topological polar surface area (TPSA) is 66.4 Å². The summed E-state index contributed by atoms with van der Waals surface area (Å²) in [6, 6.07) is 18.1. The smallest absolute Gasteiger partial charge is 0.241 e. The molecule has 0 aliphatic heterocycles. The number of aliphatic hydroxyl groups is 1. The molecule has 0 bridgehead atoms. The minimum atomic E-state index is -3.69. The Bertz CT molecular complexity index is 939. The maximum absolute atomic E-state index is 12.3. The van der Waals surface area contributed by atoms with Gasteiger partial charge in [-0.3, -0.25) is 0 Å². The minimum absolute atomic E-state index is 0.0952. The van der Waals surface area contributed by atoms with Crippen LogP contribution in [0.25, 0.3) is 10.4 Å². The molecule has 2 N–H and O–H groups in total. The van der Waals surface area contributed by atoms with Crippen molar-refractivity contribution in [1.29, 1.82) is 0 Å². The van der Waals surface area contributed by atoms with Crippen molar-refractivity contribution in [3.63, 3.8) is 0 Å². The highest BCUT2D eigenvalue weighted by atomic mass is 79.9. The third-order valence-corrected chi connectivity index (χ3v) is 7.05. The van der Waals surface area contributed by atoms with Crippen molar-refractivity contribution in [1.82, 2.24) is 4.72 Å². The van der Waals surface area contributed by atoms with Crippen molar-refractivity contribution in [2.24, 2.45) is 0 Å². The van der Waals surface area contributed by atoms with Crippen molar-refractivity contribution < 1.29 is 13.5 Å². The van der Waals surface area contributed by atoms with E-state index in [-0.39, 0.29) is 11.4 Å². The lowest BCUT2D eigenvalue weighted by Crippen LogP contribution is -2.28. The summed E-state index contributed by atoms with van der Waals surface area (Å²) in [6.45, 7) is -0.0952. The lowest BCUT2D eigenvalue weighted by molar-refractivity contribution is 0.182.